The highest BCUT2D eigenvalue weighted by molar-refractivity contribution is 5.89. The number of carbonyl (C=O) groups is 1. The fraction of sp³-hybridized carbons (Fsp3) is 0.625. The molecule has 128 valence electrons. The van der Waals surface area contributed by atoms with Crippen molar-refractivity contribution in [2.24, 2.45) is 5.73 Å². The van der Waals surface area contributed by atoms with E-state index < -0.39 is 0 Å². The Kier molecular flexibility index (Phi) is 7.79. The zero-order chi connectivity index (χ0) is 16.3. The van der Waals surface area contributed by atoms with Crippen LogP contribution in [0.1, 0.15) is 19.3 Å². The molecule has 7 heteroatoms. The summed E-state index contributed by atoms with van der Waals surface area (Å²) in [4.78, 5) is 18.2. The van der Waals surface area contributed by atoms with Gasteiger partial charge in [0.2, 0.25) is 5.91 Å². The third-order valence-corrected chi connectivity index (χ3v) is 3.72. The van der Waals surface area contributed by atoms with Gasteiger partial charge < -0.3 is 21.1 Å². The molecule has 1 saturated heterocycles. The summed E-state index contributed by atoms with van der Waals surface area (Å²) in [6.07, 6.45) is 3.94. The standard InChI is InChI=1S/C16H27N5O2/c17-6-1-3-16(22)20-15-5-4-14(13-19-15)18-7-2-8-21-9-11-23-12-10-21/h4-5,13,18H,1-3,6-12,17H2,(H,19,20,22). The van der Waals surface area contributed by atoms with Crippen molar-refractivity contribution in [1.82, 2.24) is 9.88 Å². The lowest BCUT2D eigenvalue weighted by Gasteiger charge is -2.26. The fourth-order valence-electron chi connectivity index (χ4n) is 2.40. The molecule has 1 amide bonds. The summed E-state index contributed by atoms with van der Waals surface area (Å²) in [5.74, 6) is 0.528. The normalized spacial score (nSPS) is 15.3. The van der Waals surface area contributed by atoms with E-state index in [2.05, 4.69) is 20.5 Å². The maximum atomic E-state index is 11.6. The summed E-state index contributed by atoms with van der Waals surface area (Å²) in [7, 11) is 0. The van der Waals surface area contributed by atoms with Crippen LogP contribution in [0.15, 0.2) is 18.3 Å². The number of hydrogen-bond acceptors (Lipinski definition) is 6. The van der Waals surface area contributed by atoms with E-state index >= 15 is 0 Å². The van der Waals surface area contributed by atoms with Crippen LogP contribution in [-0.4, -0.2) is 61.7 Å². The highest BCUT2D eigenvalue weighted by Gasteiger charge is 2.09. The summed E-state index contributed by atoms with van der Waals surface area (Å²) in [6.45, 7) is 6.25. The maximum absolute atomic E-state index is 11.6. The average Bonchev–Trinajstić information content (AvgIpc) is 2.59. The van der Waals surface area contributed by atoms with Crippen molar-refractivity contribution >= 4 is 17.4 Å². The van der Waals surface area contributed by atoms with Crippen LogP contribution in [0.3, 0.4) is 0 Å². The zero-order valence-corrected chi connectivity index (χ0v) is 13.6. The zero-order valence-electron chi connectivity index (χ0n) is 13.6. The summed E-state index contributed by atoms with van der Waals surface area (Å²) in [6, 6.07) is 3.74. The van der Waals surface area contributed by atoms with Crippen LogP contribution in [0, 0.1) is 0 Å². The molecule has 2 rings (SSSR count). The van der Waals surface area contributed by atoms with Gasteiger partial charge in [-0.05, 0) is 38.1 Å². The van der Waals surface area contributed by atoms with Crippen molar-refractivity contribution in [1.29, 1.82) is 0 Å². The molecule has 2 heterocycles. The number of hydrogen-bond donors (Lipinski definition) is 3. The number of rotatable bonds is 9. The molecule has 1 aromatic heterocycles. The second-order valence-corrected chi connectivity index (χ2v) is 5.61. The highest BCUT2D eigenvalue weighted by Crippen LogP contribution is 2.10. The van der Waals surface area contributed by atoms with E-state index in [1.807, 2.05) is 12.1 Å². The second-order valence-electron chi connectivity index (χ2n) is 5.61. The molecule has 1 aliphatic rings. The molecule has 0 unspecified atom stereocenters. The molecule has 1 fully saturated rings. The Bertz CT molecular complexity index is 460. The monoisotopic (exact) mass is 321 g/mol. The van der Waals surface area contributed by atoms with Crippen LogP contribution >= 0.6 is 0 Å². The Morgan fingerprint density at radius 2 is 2.13 bits per heavy atom. The van der Waals surface area contributed by atoms with Crippen molar-refractivity contribution in [3.05, 3.63) is 18.3 Å². The molecule has 4 N–H and O–H groups in total. The largest absolute Gasteiger partial charge is 0.384 e. The molecule has 0 spiro atoms. The molecule has 23 heavy (non-hydrogen) atoms. The average molecular weight is 321 g/mol. The lowest BCUT2D eigenvalue weighted by atomic mass is 10.3. The Hall–Kier alpha value is -1.70. The molecular weight excluding hydrogens is 294 g/mol. The first-order valence-corrected chi connectivity index (χ1v) is 8.28. The van der Waals surface area contributed by atoms with Crippen LogP contribution < -0.4 is 16.4 Å². The molecule has 7 nitrogen and oxygen atoms in total. The predicted octanol–water partition coefficient (Wildman–Crippen LogP) is 0.893. The number of aromatic nitrogens is 1. The van der Waals surface area contributed by atoms with Gasteiger partial charge in [-0.1, -0.05) is 0 Å². The molecule has 0 aliphatic carbocycles. The summed E-state index contributed by atoms with van der Waals surface area (Å²) in [5.41, 5.74) is 6.35. The van der Waals surface area contributed by atoms with Gasteiger partial charge in [0.1, 0.15) is 5.82 Å². The van der Waals surface area contributed by atoms with Crippen molar-refractivity contribution in [2.45, 2.75) is 19.3 Å². The highest BCUT2D eigenvalue weighted by atomic mass is 16.5. The molecular formula is C16H27N5O2. The summed E-state index contributed by atoms with van der Waals surface area (Å²) in [5, 5.41) is 6.11. The molecule has 1 aromatic rings. The van der Waals surface area contributed by atoms with Gasteiger partial charge in [-0.2, -0.15) is 0 Å². The van der Waals surface area contributed by atoms with Crippen LogP contribution in [0.25, 0.3) is 0 Å². The third kappa shape index (κ3) is 6.94. The first-order valence-electron chi connectivity index (χ1n) is 8.28. The molecule has 0 atom stereocenters. The number of anilines is 2. The van der Waals surface area contributed by atoms with E-state index in [0.717, 1.165) is 51.5 Å². The molecule has 0 aromatic carbocycles. The van der Waals surface area contributed by atoms with Crippen LogP contribution in [-0.2, 0) is 9.53 Å². The molecule has 0 bridgehead atoms. The SMILES string of the molecule is NCCCC(=O)Nc1ccc(NCCCN2CCOCC2)cn1. The van der Waals surface area contributed by atoms with E-state index in [1.54, 1.807) is 6.20 Å². The number of nitrogens with two attached hydrogens (primary N) is 1. The molecule has 0 saturated carbocycles. The Morgan fingerprint density at radius 1 is 1.30 bits per heavy atom. The van der Waals surface area contributed by atoms with Crippen molar-refractivity contribution < 1.29 is 9.53 Å². The summed E-state index contributed by atoms with van der Waals surface area (Å²) < 4.78 is 5.33. The van der Waals surface area contributed by atoms with Gasteiger partial charge in [-0.15, -0.1) is 0 Å². The second kappa shape index (κ2) is 10.1. The van der Waals surface area contributed by atoms with Crippen LogP contribution in [0.5, 0.6) is 0 Å². The Morgan fingerprint density at radius 3 is 2.83 bits per heavy atom. The minimum absolute atomic E-state index is 0.0471. The molecule has 0 radical (unpaired) electrons. The first-order chi connectivity index (χ1) is 11.3. The lowest BCUT2D eigenvalue weighted by Crippen LogP contribution is -2.37. The number of carbonyl (C=O) groups excluding carboxylic acids is 1. The van der Waals surface area contributed by atoms with Crippen LogP contribution in [0.4, 0.5) is 11.5 Å². The van der Waals surface area contributed by atoms with E-state index in [1.165, 1.54) is 0 Å². The Balaban J connectivity index is 1.63. The van der Waals surface area contributed by atoms with Gasteiger partial charge in [0.25, 0.3) is 0 Å². The van der Waals surface area contributed by atoms with Gasteiger partial charge in [-0.25, -0.2) is 4.98 Å². The number of ether oxygens (including phenoxy) is 1. The number of nitrogens with one attached hydrogen (secondary N) is 2. The fourth-order valence-corrected chi connectivity index (χ4v) is 2.40. The van der Waals surface area contributed by atoms with Gasteiger partial charge >= 0.3 is 0 Å². The molecule has 1 aliphatic heterocycles. The number of nitrogens with zero attached hydrogens (tertiary/aromatic N) is 2. The summed E-state index contributed by atoms with van der Waals surface area (Å²) >= 11 is 0. The van der Waals surface area contributed by atoms with Crippen molar-refractivity contribution in [3.63, 3.8) is 0 Å². The maximum Gasteiger partial charge on any atom is 0.225 e. The Labute approximate surface area is 137 Å². The minimum Gasteiger partial charge on any atom is -0.384 e. The van der Waals surface area contributed by atoms with E-state index in [-0.39, 0.29) is 5.91 Å². The van der Waals surface area contributed by atoms with E-state index in [9.17, 15) is 4.79 Å². The lowest BCUT2D eigenvalue weighted by molar-refractivity contribution is -0.116. The first kappa shape index (κ1) is 17.7. The predicted molar refractivity (Wildman–Crippen MR) is 91.5 cm³/mol. The van der Waals surface area contributed by atoms with Crippen LogP contribution in [0.2, 0.25) is 0 Å². The smallest absolute Gasteiger partial charge is 0.225 e. The van der Waals surface area contributed by atoms with Gasteiger partial charge in [0.05, 0.1) is 25.1 Å². The van der Waals surface area contributed by atoms with E-state index in [0.29, 0.717) is 25.2 Å². The number of amides is 1. The minimum atomic E-state index is -0.0471. The number of pyridine rings is 1. The van der Waals surface area contributed by atoms with E-state index in [4.69, 9.17) is 10.5 Å². The topological polar surface area (TPSA) is 92.5 Å². The van der Waals surface area contributed by atoms with Gasteiger partial charge in [0, 0.05) is 26.1 Å². The van der Waals surface area contributed by atoms with Gasteiger partial charge in [0.15, 0.2) is 0 Å². The quantitative estimate of drug-likeness (QED) is 0.585. The van der Waals surface area contributed by atoms with Gasteiger partial charge in [-0.3, -0.25) is 9.69 Å². The number of morpholine rings is 1. The third-order valence-electron chi connectivity index (χ3n) is 3.72. The van der Waals surface area contributed by atoms with Crippen molar-refractivity contribution in [3.8, 4) is 0 Å². The van der Waals surface area contributed by atoms with Crippen molar-refractivity contribution in [2.75, 3.05) is 56.6 Å².